The van der Waals surface area contributed by atoms with Crippen LogP contribution in [-0.4, -0.2) is 50.3 Å². The van der Waals surface area contributed by atoms with Crippen LogP contribution >= 0.6 is 23.8 Å². The van der Waals surface area contributed by atoms with Crippen LogP contribution in [0, 0.1) is 0 Å². The first-order chi connectivity index (χ1) is 12.1. The fourth-order valence-corrected chi connectivity index (χ4v) is 3.52. The Balaban J connectivity index is 1.71. The highest BCUT2D eigenvalue weighted by atomic mass is 35.5. The fraction of sp³-hybridized carbons (Fsp3) is 0.316. The molecule has 2 aromatic rings. The van der Waals surface area contributed by atoms with E-state index in [1.807, 2.05) is 36.4 Å². The number of ether oxygens (including phenoxy) is 2. The summed E-state index contributed by atoms with van der Waals surface area (Å²) in [6, 6.07) is 13.7. The monoisotopic (exact) mass is 376 g/mol. The lowest BCUT2D eigenvalue weighted by Crippen LogP contribution is -2.48. The van der Waals surface area contributed by atoms with Gasteiger partial charge in [0.05, 0.1) is 19.8 Å². The maximum absolute atomic E-state index is 6.10. The van der Waals surface area contributed by atoms with Gasteiger partial charge in [0.1, 0.15) is 16.5 Å². The molecule has 0 radical (unpaired) electrons. The van der Waals surface area contributed by atoms with Crippen molar-refractivity contribution in [2.75, 3.05) is 45.3 Å². The van der Waals surface area contributed by atoms with Crippen molar-refractivity contribution in [3.05, 3.63) is 53.1 Å². The van der Waals surface area contributed by atoms with Crippen molar-refractivity contribution in [2.24, 2.45) is 0 Å². The lowest BCUT2D eigenvalue weighted by molar-refractivity contribution is 0.384. The van der Waals surface area contributed by atoms with E-state index in [0.29, 0.717) is 0 Å². The molecule has 0 amide bonds. The summed E-state index contributed by atoms with van der Waals surface area (Å²) in [6.45, 7) is 3.50. The van der Waals surface area contributed by atoms with E-state index in [-0.39, 0.29) is 0 Å². The van der Waals surface area contributed by atoms with Crippen LogP contribution in [0.2, 0.25) is 5.02 Å². The van der Waals surface area contributed by atoms with E-state index in [1.165, 1.54) is 0 Å². The zero-order valence-corrected chi connectivity index (χ0v) is 15.9. The van der Waals surface area contributed by atoms with Crippen LogP contribution < -0.4 is 14.4 Å². The molecule has 2 aromatic carbocycles. The molecule has 0 N–H and O–H groups in total. The average Bonchev–Trinajstić information content (AvgIpc) is 2.67. The van der Waals surface area contributed by atoms with Gasteiger partial charge in [-0.3, -0.25) is 0 Å². The second-order valence-electron chi connectivity index (χ2n) is 5.83. The van der Waals surface area contributed by atoms with Crippen LogP contribution in [0.4, 0.5) is 5.69 Å². The second kappa shape index (κ2) is 7.93. The van der Waals surface area contributed by atoms with Gasteiger partial charge in [-0.25, -0.2) is 0 Å². The first kappa shape index (κ1) is 17.8. The molecule has 0 aromatic heterocycles. The smallest absolute Gasteiger partial charge is 0.129 e. The topological polar surface area (TPSA) is 24.9 Å². The molecule has 0 spiro atoms. The Morgan fingerprint density at radius 3 is 2.40 bits per heavy atom. The Hall–Kier alpha value is -1.98. The van der Waals surface area contributed by atoms with Gasteiger partial charge in [0.25, 0.3) is 0 Å². The van der Waals surface area contributed by atoms with Crippen molar-refractivity contribution in [1.82, 2.24) is 4.90 Å². The zero-order valence-electron chi connectivity index (χ0n) is 14.4. The normalized spacial score (nSPS) is 14.4. The van der Waals surface area contributed by atoms with E-state index in [2.05, 4.69) is 15.9 Å². The van der Waals surface area contributed by atoms with Crippen LogP contribution in [0.5, 0.6) is 11.5 Å². The van der Waals surface area contributed by atoms with Crippen LogP contribution in [0.15, 0.2) is 42.5 Å². The van der Waals surface area contributed by atoms with E-state index in [1.54, 1.807) is 14.2 Å². The first-order valence-electron chi connectivity index (χ1n) is 8.14. The number of thiocarbonyl (C=S) groups is 1. The first-order valence-corrected chi connectivity index (χ1v) is 8.93. The average molecular weight is 377 g/mol. The quantitative estimate of drug-likeness (QED) is 0.755. The van der Waals surface area contributed by atoms with Crippen molar-refractivity contribution in [3.63, 3.8) is 0 Å². The van der Waals surface area contributed by atoms with Gasteiger partial charge in [-0.05, 0) is 36.4 Å². The molecular formula is C19H21ClN2O2S. The largest absolute Gasteiger partial charge is 0.497 e. The zero-order chi connectivity index (χ0) is 17.8. The van der Waals surface area contributed by atoms with Gasteiger partial charge < -0.3 is 19.3 Å². The number of hydrogen-bond acceptors (Lipinski definition) is 4. The number of halogens is 1. The van der Waals surface area contributed by atoms with Gasteiger partial charge in [0.15, 0.2) is 0 Å². The van der Waals surface area contributed by atoms with Crippen molar-refractivity contribution in [3.8, 4) is 11.5 Å². The molecular weight excluding hydrogens is 356 g/mol. The molecule has 6 heteroatoms. The number of piperazine rings is 1. The molecule has 1 aliphatic heterocycles. The third kappa shape index (κ3) is 3.99. The lowest BCUT2D eigenvalue weighted by atomic mass is 10.1. The molecule has 1 fully saturated rings. The minimum absolute atomic E-state index is 0.761. The Labute approximate surface area is 158 Å². The maximum Gasteiger partial charge on any atom is 0.129 e. The fourth-order valence-electron chi connectivity index (χ4n) is 2.99. The van der Waals surface area contributed by atoms with Crippen molar-refractivity contribution in [1.29, 1.82) is 0 Å². The molecule has 1 heterocycles. The van der Waals surface area contributed by atoms with Gasteiger partial charge in [-0.2, -0.15) is 0 Å². The van der Waals surface area contributed by atoms with Crippen molar-refractivity contribution in [2.45, 2.75) is 0 Å². The minimum Gasteiger partial charge on any atom is -0.497 e. The lowest BCUT2D eigenvalue weighted by Gasteiger charge is -2.37. The van der Waals surface area contributed by atoms with Crippen LogP contribution in [-0.2, 0) is 0 Å². The summed E-state index contributed by atoms with van der Waals surface area (Å²) in [4.78, 5) is 5.34. The molecule has 25 heavy (non-hydrogen) atoms. The van der Waals surface area contributed by atoms with Gasteiger partial charge >= 0.3 is 0 Å². The summed E-state index contributed by atoms with van der Waals surface area (Å²) >= 11 is 11.8. The van der Waals surface area contributed by atoms with Crippen molar-refractivity contribution >= 4 is 34.5 Å². The molecule has 132 valence electrons. The van der Waals surface area contributed by atoms with E-state index >= 15 is 0 Å². The molecule has 0 atom stereocenters. The molecule has 0 bridgehead atoms. The second-order valence-corrected chi connectivity index (χ2v) is 6.65. The van der Waals surface area contributed by atoms with Gasteiger partial charge in [-0.1, -0.05) is 29.9 Å². The molecule has 1 aliphatic rings. The highest BCUT2D eigenvalue weighted by Gasteiger charge is 2.22. The highest BCUT2D eigenvalue weighted by Crippen LogP contribution is 2.27. The Morgan fingerprint density at radius 2 is 1.76 bits per heavy atom. The number of rotatable bonds is 4. The summed E-state index contributed by atoms with van der Waals surface area (Å²) in [6.07, 6.45) is 0. The van der Waals surface area contributed by atoms with E-state index in [0.717, 1.165) is 58.9 Å². The maximum atomic E-state index is 6.10. The number of benzene rings is 2. The Kier molecular flexibility index (Phi) is 5.66. The van der Waals surface area contributed by atoms with Gasteiger partial charge in [-0.15, -0.1) is 0 Å². The molecule has 1 saturated heterocycles. The van der Waals surface area contributed by atoms with Crippen LogP contribution in [0.25, 0.3) is 0 Å². The number of hydrogen-bond donors (Lipinski definition) is 0. The minimum atomic E-state index is 0.761. The predicted octanol–water partition coefficient (Wildman–Crippen LogP) is 3.85. The molecule has 4 nitrogen and oxygen atoms in total. The Morgan fingerprint density at radius 1 is 1.00 bits per heavy atom. The third-order valence-corrected chi connectivity index (χ3v) is 5.09. The van der Waals surface area contributed by atoms with E-state index in [9.17, 15) is 0 Å². The van der Waals surface area contributed by atoms with Crippen LogP contribution in [0.1, 0.15) is 5.56 Å². The summed E-state index contributed by atoms with van der Waals surface area (Å²) < 4.78 is 10.8. The molecule has 3 rings (SSSR count). The standard InChI is InChI=1S/C19H21ClN2O2S/c1-23-16-6-7-18(24-2)17(13-16)19(25)22-10-8-21(9-11-22)15-5-3-4-14(20)12-15/h3-7,12-13H,8-11H2,1-2H3. The summed E-state index contributed by atoms with van der Waals surface area (Å²) in [5, 5.41) is 0.761. The summed E-state index contributed by atoms with van der Waals surface area (Å²) in [5.74, 6) is 1.54. The molecule has 0 aliphatic carbocycles. The van der Waals surface area contributed by atoms with E-state index < -0.39 is 0 Å². The summed E-state index contributed by atoms with van der Waals surface area (Å²) in [7, 11) is 3.31. The Bertz CT molecular complexity index is 761. The molecule has 0 saturated carbocycles. The molecule has 0 unspecified atom stereocenters. The van der Waals surface area contributed by atoms with Crippen molar-refractivity contribution < 1.29 is 9.47 Å². The highest BCUT2D eigenvalue weighted by molar-refractivity contribution is 7.80. The summed E-state index contributed by atoms with van der Waals surface area (Å²) in [5.41, 5.74) is 2.05. The number of methoxy groups -OCH3 is 2. The van der Waals surface area contributed by atoms with Crippen LogP contribution in [0.3, 0.4) is 0 Å². The predicted molar refractivity (Wildman–Crippen MR) is 106 cm³/mol. The van der Waals surface area contributed by atoms with Gasteiger partial charge in [0.2, 0.25) is 0 Å². The SMILES string of the molecule is COc1ccc(OC)c(C(=S)N2CCN(c3cccc(Cl)c3)CC2)c1. The number of nitrogens with zero attached hydrogens (tertiary/aromatic N) is 2. The number of anilines is 1. The van der Waals surface area contributed by atoms with Gasteiger partial charge in [0, 0.05) is 36.9 Å². The van der Waals surface area contributed by atoms with E-state index in [4.69, 9.17) is 33.3 Å². The third-order valence-electron chi connectivity index (χ3n) is 4.38.